The number of β-amino-alcohol motifs (C(OH)–C–C–N with tert-alkyl or cyclic N) is 2. The summed E-state index contributed by atoms with van der Waals surface area (Å²) in [6, 6.07) is 0. The number of nitrogens with zero attached hydrogens (tertiary/aromatic N) is 2. The summed E-state index contributed by atoms with van der Waals surface area (Å²) < 4.78 is 4.71. The van der Waals surface area contributed by atoms with Crippen molar-refractivity contribution in [2.24, 2.45) is 5.92 Å². The van der Waals surface area contributed by atoms with Crippen molar-refractivity contribution < 1.29 is 24.5 Å². The van der Waals surface area contributed by atoms with Crippen LogP contribution in [-0.2, 0) is 14.3 Å². The fourth-order valence-corrected chi connectivity index (χ4v) is 2.80. The highest BCUT2D eigenvalue weighted by Crippen LogP contribution is 2.19. The van der Waals surface area contributed by atoms with Crippen LogP contribution < -0.4 is 0 Å². The van der Waals surface area contributed by atoms with Gasteiger partial charge < -0.3 is 19.8 Å². The number of aliphatic hydroxyl groups excluding tert-OH is 2. The maximum Gasteiger partial charge on any atom is 0.308 e. The predicted octanol–water partition coefficient (Wildman–Crippen LogP) is -1.56. The van der Waals surface area contributed by atoms with Crippen LogP contribution in [0, 0.1) is 5.92 Å². The Kier molecular flexibility index (Phi) is 4.95. The number of hydrogen-bond donors (Lipinski definition) is 2. The van der Waals surface area contributed by atoms with E-state index in [1.165, 1.54) is 7.11 Å². The lowest BCUT2D eigenvalue weighted by Gasteiger charge is -2.31. The molecular formula is C13H22N2O5. The fraction of sp³-hybridized carbons (Fsp3) is 0.846. The average Bonchev–Trinajstić information content (AvgIpc) is 2.76. The number of amides is 1. The Balaban J connectivity index is 1.76. The maximum atomic E-state index is 12.1. The summed E-state index contributed by atoms with van der Waals surface area (Å²) in [6.07, 6.45) is -0.284. The van der Waals surface area contributed by atoms with Crippen LogP contribution in [0.4, 0.5) is 0 Å². The average molecular weight is 286 g/mol. The molecule has 2 rings (SSSR count). The minimum absolute atomic E-state index is 0.0189. The number of piperidine rings is 1. The first-order valence-electron chi connectivity index (χ1n) is 6.95. The van der Waals surface area contributed by atoms with E-state index in [1.54, 1.807) is 9.80 Å². The van der Waals surface area contributed by atoms with Gasteiger partial charge >= 0.3 is 5.97 Å². The fourth-order valence-electron chi connectivity index (χ4n) is 2.80. The summed E-state index contributed by atoms with van der Waals surface area (Å²) in [5.74, 6) is -0.336. The second-order valence-corrected chi connectivity index (χ2v) is 5.51. The predicted molar refractivity (Wildman–Crippen MR) is 69.8 cm³/mol. The van der Waals surface area contributed by atoms with E-state index in [0.29, 0.717) is 39.0 Å². The number of carbonyl (C=O) groups excluding carboxylic acids is 2. The molecule has 2 fully saturated rings. The molecule has 0 radical (unpaired) electrons. The monoisotopic (exact) mass is 286 g/mol. The van der Waals surface area contributed by atoms with Crippen molar-refractivity contribution >= 4 is 11.9 Å². The molecule has 2 atom stereocenters. The normalized spacial score (nSPS) is 28.6. The molecule has 7 nitrogen and oxygen atoms in total. The van der Waals surface area contributed by atoms with Gasteiger partial charge in [0.1, 0.15) is 0 Å². The summed E-state index contributed by atoms with van der Waals surface area (Å²) in [7, 11) is 1.38. The van der Waals surface area contributed by atoms with Gasteiger partial charge in [0.25, 0.3) is 0 Å². The zero-order chi connectivity index (χ0) is 14.7. The lowest BCUT2D eigenvalue weighted by molar-refractivity contribution is -0.149. The molecule has 2 heterocycles. The number of ether oxygens (including phenoxy) is 1. The lowest BCUT2D eigenvalue weighted by atomic mass is 9.97. The second kappa shape index (κ2) is 6.51. The smallest absolute Gasteiger partial charge is 0.308 e. The van der Waals surface area contributed by atoms with Gasteiger partial charge in [-0.15, -0.1) is 0 Å². The lowest BCUT2D eigenvalue weighted by Crippen LogP contribution is -2.45. The highest BCUT2D eigenvalue weighted by atomic mass is 16.5. The Morgan fingerprint density at radius 1 is 1.15 bits per heavy atom. The van der Waals surface area contributed by atoms with Gasteiger partial charge in [-0.2, -0.15) is 0 Å². The van der Waals surface area contributed by atoms with E-state index in [2.05, 4.69) is 0 Å². The first-order chi connectivity index (χ1) is 9.51. The van der Waals surface area contributed by atoms with E-state index >= 15 is 0 Å². The topological polar surface area (TPSA) is 90.3 Å². The van der Waals surface area contributed by atoms with Crippen LogP contribution >= 0.6 is 0 Å². The van der Waals surface area contributed by atoms with E-state index in [9.17, 15) is 19.8 Å². The first kappa shape index (κ1) is 15.2. The van der Waals surface area contributed by atoms with Gasteiger partial charge in [-0.25, -0.2) is 0 Å². The molecule has 20 heavy (non-hydrogen) atoms. The van der Waals surface area contributed by atoms with Crippen molar-refractivity contribution in [3.63, 3.8) is 0 Å². The number of esters is 1. The first-order valence-corrected chi connectivity index (χ1v) is 6.95. The van der Waals surface area contributed by atoms with Crippen molar-refractivity contribution in [1.29, 1.82) is 0 Å². The van der Waals surface area contributed by atoms with Crippen LogP contribution in [0.5, 0.6) is 0 Å². The molecule has 0 aromatic rings. The second-order valence-electron chi connectivity index (χ2n) is 5.51. The molecule has 2 aliphatic heterocycles. The van der Waals surface area contributed by atoms with Gasteiger partial charge in [0.05, 0.1) is 31.8 Å². The highest BCUT2D eigenvalue weighted by molar-refractivity contribution is 5.79. The number of rotatable bonds is 3. The molecular weight excluding hydrogens is 264 g/mol. The zero-order valence-corrected chi connectivity index (χ0v) is 11.7. The van der Waals surface area contributed by atoms with E-state index in [1.807, 2.05) is 0 Å². The number of methoxy groups -OCH3 is 1. The van der Waals surface area contributed by atoms with E-state index < -0.39 is 12.2 Å². The van der Waals surface area contributed by atoms with Gasteiger partial charge in [0, 0.05) is 26.2 Å². The van der Waals surface area contributed by atoms with E-state index in [-0.39, 0.29) is 24.3 Å². The van der Waals surface area contributed by atoms with Crippen LogP contribution in [-0.4, -0.2) is 83.9 Å². The third kappa shape index (κ3) is 3.47. The number of likely N-dealkylation sites (tertiary alicyclic amines) is 2. The Labute approximate surface area is 118 Å². The Bertz CT molecular complexity index is 358. The molecule has 2 saturated heterocycles. The SMILES string of the molecule is COC(=O)C1CCN(C(=O)CN2C[C@@H](O)[C@@H](O)C2)CC1. The van der Waals surface area contributed by atoms with E-state index in [0.717, 1.165) is 0 Å². The maximum absolute atomic E-state index is 12.1. The van der Waals surface area contributed by atoms with Crippen molar-refractivity contribution in [2.45, 2.75) is 25.0 Å². The summed E-state index contributed by atoms with van der Waals surface area (Å²) >= 11 is 0. The van der Waals surface area contributed by atoms with Gasteiger partial charge in [-0.1, -0.05) is 0 Å². The molecule has 0 aliphatic carbocycles. The molecule has 2 N–H and O–H groups in total. The molecule has 7 heteroatoms. The number of carbonyl (C=O) groups is 2. The van der Waals surface area contributed by atoms with Crippen LogP contribution in [0.1, 0.15) is 12.8 Å². The summed E-state index contributed by atoms with van der Waals surface area (Å²) in [4.78, 5) is 27.0. The summed E-state index contributed by atoms with van der Waals surface area (Å²) in [5.41, 5.74) is 0. The number of hydrogen-bond acceptors (Lipinski definition) is 6. The molecule has 0 aromatic heterocycles. The van der Waals surface area contributed by atoms with E-state index in [4.69, 9.17) is 4.74 Å². The minimum atomic E-state index is -0.770. The largest absolute Gasteiger partial charge is 0.469 e. The standard InChI is InChI=1S/C13H22N2O5/c1-20-13(19)9-2-4-15(5-3-9)12(18)8-14-6-10(16)11(17)7-14/h9-11,16-17H,2-8H2,1H3/t10-,11+. The van der Waals surface area contributed by atoms with Crippen LogP contribution in [0.3, 0.4) is 0 Å². The van der Waals surface area contributed by atoms with Gasteiger partial charge in [-0.05, 0) is 12.8 Å². The van der Waals surface area contributed by atoms with Crippen molar-refractivity contribution in [2.75, 3.05) is 39.8 Å². The quantitative estimate of drug-likeness (QED) is 0.610. The van der Waals surface area contributed by atoms with Gasteiger partial charge in [0.2, 0.25) is 5.91 Å². The van der Waals surface area contributed by atoms with Crippen LogP contribution in [0.15, 0.2) is 0 Å². The van der Waals surface area contributed by atoms with Crippen LogP contribution in [0.2, 0.25) is 0 Å². The summed E-state index contributed by atoms with van der Waals surface area (Å²) in [6.45, 7) is 1.96. The Hall–Kier alpha value is -1.18. The molecule has 2 aliphatic rings. The van der Waals surface area contributed by atoms with Crippen molar-refractivity contribution in [3.8, 4) is 0 Å². The van der Waals surface area contributed by atoms with Crippen molar-refractivity contribution in [3.05, 3.63) is 0 Å². The number of aliphatic hydroxyl groups is 2. The van der Waals surface area contributed by atoms with Crippen molar-refractivity contribution in [1.82, 2.24) is 9.80 Å². The third-order valence-electron chi connectivity index (χ3n) is 4.08. The molecule has 0 spiro atoms. The van der Waals surface area contributed by atoms with Crippen LogP contribution in [0.25, 0.3) is 0 Å². The van der Waals surface area contributed by atoms with Gasteiger partial charge in [0.15, 0.2) is 0 Å². The van der Waals surface area contributed by atoms with Gasteiger partial charge in [-0.3, -0.25) is 14.5 Å². The molecule has 1 amide bonds. The summed E-state index contributed by atoms with van der Waals surface area (Å²) in [5, 5.41) is 18.9. The minimum Gasteiger partial charge on any atom is -0.469 e. The molecule has 0 saturated carbocycles. The Morgan fingerprint density at radius 2 is 1.70 bits per heavy atom. The molecule has 114 valence electrons. The highest BCUT2D eigenvalue weighted by Gasteiger charge is 2.33. The Morgan fingerprint density at radius 3 is 2.20 bits per heavy atom. The molecule has 0 unspecified atom stereocenters. The zero-order valence-electron chi connectivity index (χ0n) is 11.7. The molecule has 0 bridgehead atoms. The third-order valence-corrected chi connectivity index (χ3v) is 4.08. The molecule has 0 aromatic carbocycles.